The summed E-state index contributed by atoms with van der Waals surface area (Å²) < 4.78 is 40.5. The number of amides is 1. The van der Waals surface area contributed by atoms with E-state index < -0.39 is 16.0 Å². The Hall–Kier alpha value is -3.44. The number of hydrogen-bond donors (Lipinski definition) is 1. The van der Waals surface area contributed by atoms with Gasteiger partial charge >= 0.3 is 0 Å². The number of sulfonamides is 1. The topological polar surface area (TPSA) is 98.7 Å². The number of carbonyl (C=O) groups is 1. The number of halogens is 2. The largest absolute Gasteiger partial charge is 0.368 e. The molecule has 0 spiro atoms. The summed E-state index contributed by atoms with van der Waals surface area (Å²) >= 11 is 6.17. The lowest BCUT2D eigenvalue weighted by Gasteiger charge is -2.41. The Kier molecular flexibility index (Phi) is 7.40. The van der Waals surface area contributed by atoms with Crippen LogP contribution in [-0.2, 0) is 21.2 Å². The highest BCUT2D eigenvalue weighted by atomic mass is 35.5. The zero-order chi connectivity index (χ0) is 26.9. The first-order valence-corrected chi connectivity index (χ1v) is 14.3. The number of aryl methyl sites for hydroxylation is 1. The van der Waals surface area contributed by atoms with E-state index in [0.29, 0.717) is 31.2 Å². The summed E-state index contributed by atoms with van der Waals surface area (Å²) in [5.41, 5.74) is 3.13. The molecule has 9 nitrogen and oxygen atoms in total. The molecule has 5 rings (SSSR count). The van der Waals surface area contributed by atoms with Crippen LogP contribution < -0.4 is 14.5 Å². The van der Waals surface area contributed by atoms with Gasteiger partial charge in [0, 0.05) is 52.0 Å². The number of piperazine rings is 1. The van der Waals surface area contributed by atoms with E-state index in [9.17, 15) is 17.6 Å². The number of fused-ring (bicyclic) bond motifs is 1. The van der Waals surface area contributed by atoms with Crippen molar-refractivity contribution in [2.24, 2.45) is 0 Å². The average molecular weight is 563 g/mol. The molecule has 1 aromatic heterocycles. The van der Waals surface area contributed by atoms with Gasteiger partial charge in [-0.2, -0.15) is 4.39 Å². The molecule has 1 saturated heterocycles. The van der Waals surface area contributed by atoms with E-state index in [2.05, 4.69) is 24.7 Å². The summed E-state index contributed by atoms with van der Waals surface area (Å²) in [7, 11) is -3.90. The number of aromatic nitrogens is 2. The minimum absolute atomic E-state index is 0. The lowest BCUT2D eigenvalue weighted by molar-refractivity contribution is -0.132. The molecule has 3 aromatic rings. The average Bonchev–Trinajstić information content (AvgIpc) is 2.93. The van der Waals surface area contributed by atoms with E-state index in [4.69, 9.17) is 11.6 Å². The molecule has 1 N–H and O–H groups in total. The third kappa shape index (κ3) is 5.53. The molecule has 0 saturated carbocycles. The number of hydrogen-bond acceptors (Lipinski definition) is 7. The molecule has 38 heavy (non-hydrogen) atoms. The Morgan fingerprint density at radius 3 is 2.45 bits per heavy atom. The smallest absolute Gasteiger partial charge is 0.263 e. The van der Waals surface area contributed by atoms with Crippen molar-refractivity contribution in [2.45, 2.75) is 30.7 Å². The molecule has 3 heterocycles. The fourth-order valence-electron chi connectivity index (χ4n) is 4.98. The van der Waals surface area contributed by atoms with Gasteiger partial charge < -0.3 is 14.7 Å². The summed E-state index contributed by atoms with van der Waals surface area (Å²) in [6.45, 7) is 5.23. The first-order valence-electron chi connectivity index (χ1n) is 12.4. The number of anilines is 3. The number of benzene rings is 2. The maximum absolute atomic E-state index is 13.4. The van der Waals surface area contributed by atoms with Crippen LogP contribution in [0.15, 0.2) is 59.5 Å². The normalized spacial score (nSPS) is 16.7. The molecule has 2 aliphatic heterocycles. The van der Waals surface area contributed by atoms with Gasteiger partial charge in [-0.3, -0.25) is 9.52 Å². The van der Waals surface area contributed by atoms with Gasteiger partial charge in [0.25, 0.3) is 10.0 Å². The molecule has 1 fully saturated rings. The van der Waals surface area contributed by atoms with Crippen molar-refractivity contribution in [1.82, 2.24) is 15.1 Å². The molecule has 1 amide bonds. The van der Waals surface area contributed by atoms with Crippen molar-refractivity contribution in [3.63, 3.8) is 0 Å². The highest BCUT2D eigenvalue weighted by Gasteiger charge is 2.31. The number of nitrogens with zero attached hydrogens (tertiary/aromatic N) is 5. The van der Waals surface area contributed by atoms with Gasteiger partial charge in [-0.1, -0.05) is 11.6 Å². The third-order valence-corrected chi connectivity index (χ3v) is 8.60. The molecule has 0 radical (unpaired) electrons. The van der Waals surface area contributed by atoms with Crippen LogP contribution in [0.3, 0.4) is 0 Å². The zero-order valence-corrected chi connectivity index (χ0v) is 22.4. The van der Waals surface area contributed by atoms with Crippen molar-refractivity contribution in [3.8, 4) is 0 Å². The fourth-order valence-corrected chi connectivity index (χ4v) is 6.17. The van der Waals surface area contributed by atoms with E-state index in [1.807, 2.05) is 30.0 Å². The molecule has 0 unspecified atom stereocenters. The van der Waals surface area contributed by atoms with Gasteiger partial charge in [0.1, 0.15) is 6.04 Å². The minimum atomic E-state index is -3.90. The lowest BCUT2D eigenvalue weighted by Crippen LogP contribution is -2.55. The van der Waals surface area contributed by atoms with Crippen LogP contribution in [0.25, 0.3) is 0 Å². The van der Waals surface area contributed by atoms with E-state index in [-0.39, 0.29) is 25.5 Å². The van der Waals surface area contributed by atoms with Crippen LogP contribution in [0.1, 0.15) is 21.8 Å². The molecule has 2 aliphatic rings. The van der Waals surface area contributed by atoms with E-state index in [0.717, 1.165) is 36.8 Å². The number of carbonyl (C=O) groups excluding carboxylic acids is 1. The number of rotatable bonds is 6. The SMILES string of the molecule is C[C@@H](C(=O)N1CCN(c2ccc(S(=O)(=O)Nc3ccc(F)nn3)cc2)CC1)N1CCCc2cc(Cl)ccc21.[HH].[HH]. The minimum Gasteiger partial charge on any atom is -0.368 e. The monoisotopic (exact) mass is 562 g/mol. The third-order valence-electron chi connectivity index (χ3n) is 7.00. The van der Waals surface area contributed by atoms with Crippen LogP contribution in [0.4, 0.5) is 21.6 Å². The predicted molar refractivity (Wildman–Crippen MR) is 149 cm³/mol. The Labute approximate surface area is 229 Å². The summed E-state index contributed by atoms with van der Waals surface area (Å²) in [6.07, 6.45) is 1.94. The molecular weight excluding hydrogens is 531 g/mol. The molecule has 204 valence electrons. The van der Waals surface area contributed by atoms with Crippen LogP contribution in [-0.4, -0.2) is 68.2 Å². The lowest BCUT2D eigenvalue weighted by atomic mass is 10.00. The fraction of sp³-hybridized carbons (Fsp3) is 0.346. The molecule has 0 aliphatic carbocycles. The summed E-state index contributed by atoms with van der Waals surface area (Å²) in [5, 5.41) is 7.42. The van der Waals surface area contributed by atoms with Gasteiger partial charge in [-0.15, -0.1) is 10.2 Å². The first kappa shape index (κ1) is 26.2. The van der Waals surface area contributed by atoms with Crippen molar-refractivity contribution in [3.05, 3.63) is 71.1 Å². The van der Waals surface area contributed by atoms with Crippen molar-refractivity contribution in [2.75, 3.05) is 47.2 Å². The molecular formula is C26H32ClFN6O3S. The highest BCUT2D eigenvalue weighted by Crippen LogP contribution is 2.31. The summed E-state index contributed by atoms with van der Waals surface area (Å²) in [5.74, 6) is -0.762. The van der Waals surface area contributed by atoms with Crippen molar-refractivity contribution in [1.29, 1.82) is 0 Å². The Balaban J connectivity index is 0.00000220. The van der Waals surface area contributed by atoms with Gasteiger partial charge in [-0.25, -0.2) is 8.42 Å². The van der Waals surface area contributed by atoms with Crippen LogP contribution >= 0.6 is 11.6 Å². The predicted octanol–water partition coefficient (Wildman–Crippen LogP) is 4.05. The standard InChI is InChI=1S/C26H28ClFN6O3S.2H2/c1-18(34-12-2-3-19-17-20(27)4-9-23(19)34)26(35)33-15-13-32(14-16-33)21-5-7-22(8-6-21)38(36,37)31-25-11-10-24(28)29-30-25;;/h4-11,17-18H,2-3,12-16H2,1H3,(H,30,31);2*1H/t18-;;/m0../s1. The molecule has 0 bridgehead atoms. The van der Waals surface area contributed by atoms with E-state index in [1.54, 1.807) is 12.1 Å². The molecule has 12 heteroatoms. The Morgan fingerprint density at radius 1 is 1.03 bits per heavy atom. The highest BCUT2D eigenvalue weighted by molar-refractivity contribution is 7.92. The second-order valence-corrected chi connectivity index (χ2v) is 11.5. The maximum atomic E-state index is 13.4. The van der Waals surface area contributed by atoms with E-state index in [1.165, 1.54) is 23.8 Å². The Bertz CT molecular complexity index is 1430. The maximum Gasteiger partial charge on any atom is 0.263 e. The number of nitrogens with one attached hydrogen (secondary N) is 1. The molecule has 2 aromatic carbocycles. The summed E-state index contributed by atoms with van der Waals surface area (Å²) in [6, 6.07) is 14.3. The van der Waals surface area contributed by atoms with Crippen LogP contribution in [0.5, 0.6) is 0 Å². The quantitative estimate of drug-likeness (QED) is 0.484. The van der Waals surface area contributed by atoms with Gasteiger partial charge in [-0.05, 0) is 79.9 Å². The van der Waals surface area contributed by atoms with Crippen molar-refractivity contribution < 1.29 is 20.5 Å². The summed E-state index contributed by atoms with van der Waals surface area (Å²) in [4.78, 5) is 19.6. The molecule has 1 atom stereocenters. The van der Waals surface area contributed by atoms with E-state index >= 15 is 0 Å². The second-order valence-electron chi connectivity index (χ2n) is 9.40. The Morgan fingerprint density at radius 2 is 1.76 bits per heavy atom. The van der Waals surface area contributed by atoms with Gasteiger partial charge in [0.05, 0.1) is 4.90 Å². The van der Waals surface area contributed by atoms with Crippen LogP contribution in [0.2, 0.25) is 5.02 Å². The zero-order valence-electron chi connectivity index (χ0n) is 20.8. The van der Waals surface area contributed by atoms with Crippen LogP contribution in [0, 0.1) is 5.95 Å². The van der Waals surface area contributed by atoms with Gasteiger partial charge in [0.2, 0.25) is 11.9 Å². The first-order chi connectivity index (χ1) is 18.2. The second kappa shape index (κ2) is 10.7. The van der Waals surface area contributed by atoms with Crippen molar-refractivity contribution >= 4 is 44.7 Å². The van der Waals surface area contributed by atoms with Gasteiger partial charge in [0.15, 0.2) is 5.82 Å².